The fourth-order valence-corrected chi connectivity index (χ4v) is 3.34. The van der Waals surface area contributed by atoms with Crippen LogP contribution in [-0.4, -0.2) is 17.1 Å². The smallest absolute Gasteiger partial charge is 0.288 e. The van der Waals surface area contributed by atoms with E-state index in [1.165, 1.54) is 6.21 Å². The number of aromatic nitrogens is 1. The Morgan fingerprint density at radius 2 is 1.68 bits per heavy atom. The molecule has 4 nitrogen and oxygen atoms in total. The summed E-state index contributed by atoms with van der Waals surface area (Å²) in [5, 5.41) is 5.92. The first-order chi connectivity index (χ1) is 13.6. The summed E-state index contributed by atoms with van der Waals surface area (Å²) in [6, 6.07) is 22.7. The molecular formula is C22H15Cl2N3O. The number of benzene rings is 3. The molecule has 0 bridgehead atoms. The molecule has 0 aliphatic rings. The fourth-order valence-electron chi connectivity index (χ4n) is 3.03. The van der Waals surface area contributed by atoms with Crippen LogP contribution in [0.3, 0.4) is 0 Å². The molecule has 6 heteroatoms. The monoisotopic (exact) mass is 407 g/mol. The van der Waals surface area contributed by atoms with Crippen LogP contribution in [0.1, 0.15) is 16.1 Å². The molecule has 1 heterocycles. The maximum Gasteiger partial charge on any atom is 0.288 e. The number of nitrogens with one attached hydrogen (secondary N) is 2. The van der Waals surface area contributed by atoms with Crippen molar-refractivity contribution in [1.82, 2.24) is 10.4 Å². The Hall–Kier alpha value is -3.08. The first-order valence-corrected chi connectivity index (χ1v) is 9.33. The van der Waals surface area contributed by atoms with E-state index in [4.69, 9.17) is 23.2 Å². The Balaban J connectivity index is 1.66. The van der Waals surface area contributed by atoms with Crippen LogP contribution in [-0.2, 0) is 0 Å². The predicted molar refractivity (Wildman–Crippen MR) is 115 cm³/mol. The lowest BCUT2D eigenvalue weighted by atomic mass is 10.0. The van der Waals surface area contributed by atoms with Crippen molar-refractivity contribution in [1.29, 1.82) is 0 Å². The van der Waals surface area contributed by atoms with Crippen molar-refractivity contribution in [2.45, 2.75) is 0 Å². The SMILES string of the molecule is O=C(NN=Cc1ccc(Cl)c(Cl)c1)c1[nH]c2ccccc2c1-c1ccccc1. The van der Waals surface area contributed by atoms with Gasteiger partial charge in [0.25, 0.3) is 5.91 Å². The molecule has 1 amide bonds. The topological polar surface area (TPSA) is 57.2 Å². The van der Waals surface area contributed by atoms with Crippen molar-refractivity contribution in [3.8, 4) is 11.1 Å². The maximum atomic E-state index is 12.8. The molecule has 2 N–H and O–H groups in total. The third kappa shape index (κ3) is 3.65. The maximum absolute atomic E-state index is 12.8. The van der Waals surface area contributed by atoms with E-state index in [-0.39, 0.29) is 5.91 Å². The summed E-state index contributed by atoms with van der Waals surface area (Å²) in [7, 11) is 0. The number of rotatable bonds is 4. The Morgan fingerprint density at radius 3 is 2.46 bits per heavy atom. The molecule has 0 aliphatic carbocycles. The molecule has 0 radical (unpaired) electrons. The van der Waals surface area contributed by atoms with Crippen LogP contribution in [0, 0.1) is 0 Å². The number of aromatic amines is 1. The second-order valence-electron chi connectivity index (χ2n) is 6.16. The minimum atomic E-state index is -0.327. The molecule has 4 aromatic rings. The molecule has 0 atom stereocenters. The molecule has 0 saturated heterocycles. The largest absolute Gasteiger partial charge is 0.350 e. The molecule has 138 valence electrons. The lowest BCUT2D eigenvalue weighted by Crippen LogP contribution is -2.18. The number of halogens is 2. The zero-order valence-electron chi connectivity index (χ0n) is 14.6. The number of hydrazone groups is 1. The third-order valence-corrected chi connectivity index (χ3v) is 5.06. The van der Waals surface area contributed by atoms with Gasteiger partial charge in [-0.1, -0.05) is 77.8 Å². The van der Waals surface area contributed by atoms with Crippen molar-refractivity contribution in [3.05, 3.63) is 94.1 Å². The summed E-state index contributed by atoms with van der Waals surface area (Å²) in [4.78, 5) is 16.0. The van der Waals surface area contributed by atoms with Gasteiger partial charge in [0, 0.05) is 16.5 Å². The van der Waals surface area contributed by atoms with Gasteiger partial charge < -0.3 is 4.98 Å². The number of H-pyrrole nitrogens is 1. The molecule has 0 fully saturated rings. The third-order valence-electron chi connectivity index (χ3n) is 4.32. The number of fused-ring (bicyclic) bond motifs is 1. The summed E-state index contributed by atoms with van der Waals surface area (Å²) in [6.45, 7) is 0. The quantitative estimate of drug-likeness (QED) is 0.320. The van der Waals surface area contributed by atoms with Crippen molar-refractivity contribution in [2.75, 3.05) is 0 Å². The van der Waals surface area contributed by atoms with Crippen LogP contribution in [0.25, 0.3) is 22.0 Å². The number of hydrogen-bond acceptors (Lipinski definition) is 2. The van der Waals surface area contributed by atoms with Gasteiger partial charge >= 0.3 is 0 Å². The molecule has 4 rings (SSSR count). The van der Waals surface area contributed by atoms with Gasteiger partial charge in [-0.3, -0.25) is 4.79 Å². The predicted octanol–water partition coefficient (Wildman–Crippen LogP) is 5.91. The summed E-state index contributed by atoms with van der Waals surface area (Å²) in [5.41, 5.74) is 6.46. The van der Waals surface area contributed by atoms with Crippen LogP contribution in [0.15, 0.2) is 77.9 Å². The first-order valence-electron chi connectivity index (χ1n) is 8.58. The highest BCUT2D eigenvalue weighted by Gasteiger charge is 2.18. The minimum absolute atomic E-state index is 0.327. The van der Waals surface area contributed by atoms with E-state index in [0.29, 0.717) is 15.7 Å². The van der Waals surface area contributed by atoms with E-state index >= 15 is 0 Å². The highest BCUT2D eigenvalue weighted by molar-refractivity contribution is 6.42. The van der Waals surface area contributed by atoms with Gasteiger partial charge in [-0.25, -0.2) is 5.43 Å². The molecule has 1 aromatic heterocycles. The molecule has 0 saturated carbocycles. The molecule has 28 heavy (non-hydrogen) atoms. The zero-order chi connectivity index (χ0) is 19.5. The standard InChI is InChI=1S/C22H15Cl2N3O/c23-17-11-10-14(12-18(17)24)13-25-27-22(28)21-20(15-6-2-1-3-7-15)16-8-4-5-9-19(16)26-21/h1-13,26H,(H,27,28). The van der Waals surface area contributed by atoms with Crippen molar-refractivity contribution in [2.24, 2.45) is 5.10 Å². The number of amides is 1. The highest BCUT2D eigenvalue weighted by atomic mass is 35.5. The Labute approximate surface area is 171 Å². The van der Waals surface area contributed by atoms with Gasteiger partial charge in [0.15, 0.2) is 0 Å². The van der Waals surface area contributed by atoms with Gasteiger partial charge in [-0.2, -0.15) is 5.10 Å². The van der Waals surface area contributed by atoms with E-state index < -0.39 is 0 Å². The van der Waals surface area contributed by atoms with Crippen LogP contribution < -0.4 is 5.43 Å². The van der Waals surface area contributed by atoms with Gasteiger partial charge in [-0.05, 0) is 29.3 Å². The van der Waals surface area contributed by atoms with Crippen molar-refractivity contribution >= 4 is 46.2 Å². The second kappa shape index (κ2) is 7.89. The first kappa shape index (κ1) is 18.3. The van der Waals surface area contributed by atoms with Gasteiger partial charge in [0.2, 0.25) is 0 Å². The van der Waals surface area contributed by atoms with Crippen LogP contribution >= 0.6 is 23.2 Å². The van der Waals surface area contributed by atoms with E-state index in [1.54, 1.807) is 18.2 Å². The number of hydrogen-bond donors (Lipinski definition) is 2. The van der Waals surface area contributed by atoms with E-state index in [9.17, 15) is 4.79 Å². The normalized spacial score (nSPS) is 11.2. The van der Waals surface area contributed by atoms with E-state index in [0.717, 1.165) is 27.6 Å². The van der Waals surface area contributed by atoms with Gasteiger partial charge in [0.05, 0.1) is 16.3 Å². The van der Waals surface area contributed by atoms with Crippen molar-refractivity contribution in [3.63, 3.8) is 0 Å². The summed E-state index contributed by atoms with van der Waals surface area (Å²) in [5.74, 6) is -0.327. The number of carbonyl (C=O) groups excluding carboxylic acids is 1. The Kier molecular flexibility index (Phi) is 5.15. The Bertz CT molecular complexity index is 1180. The summed E-state index contributed by atoms with van der Waals surface area (Å²) >= 11 is 11.9. The van der Waals surface area contributed by atoms with E-state index in [1.807, 2.05) is 54.6 Å². The Morgan fingerprint density at radius 1 is 0.929 bits per heavy atom. The number of carbonyl (C=O) groups is 1. The average molecular weight is 408 g/mol. The molecule has 0 unspecified atom stereocenters. The highest BCUT2D eigenvalue weighted by Crippen LogP contribution is 2.32. The lowest BCUT2D eigenvalue weighted by molar-refractivity contribution is 0.0951. The molecule has 0 spiro atoms. The summed E-state index contributed by atoms with van der Waals surface area (Å²) < 4.78 is 0. The van der Waals surface area contributed by atoms with Crippen LogP contribution in [0.4, 0.5) is 0 Å². The average Bonchev–Trinajstić information content (AvgIpc) is 3.11. The minimum Gasteiger partial charge on any atom is -0.350 e. The van der Waals surface area contributed by atoms with Crippen LogP contribution in [0.5, 0.6) is 0 Å². The van der Waals surface area contributed by atoms with Crippen molar-refractivity contribution < 1.29 is 4.79 Å². The number of para-hydroxylation sites is 1. The number of nitrogens with zero attached hydrogens (tertiary/aromatic N) is 1. The molecule has 3 aromatic carbocycles. The van der Waals surface area contributed by atoms with E-state index in [2.05, 4.69) is 15.5 Å². The lowest BCUT2D eigenvalue weighted by Gasteiger charge is -2.04. The zero-order valence-corrected chi connectivity index (χ0v) is 16.1. The fraction of sp³-hybridized carbons (Fsp3) is 0. The van der Waals surface area contributed by atoms with Crippen LogP contribution in [0.2, 0.25) is 10.0 Å². The molecular weight excluding hydrogens is 393 g/mol. The van der Waals surface area contributed by atoms with Gasteiger partial charge in [0.1, 0.15) is 5.69 Å². The van der Waals surface area contributed by atoms with Gasteiger partial charge in [-0.15, -0.1) is 0 Å². The second-order valence-corrected chi connectivity index (χ2v) is 6.97. The molecule has 0 aliphatic heterocycles. The summed E-state index contributed by atoms with van der Waals surface area (Å²) in [6.07, 6.45) is 1.52.